The Morgan fingerprint density at radius 1 is 0.579 bits per heavy atom. The summed E-state index contributed by atoms with van der Waals surface area (Å²) >= 11 is 0. The fourth-order valence-corrected chi connectivity index (χ4v) is 6.36. The van der Waals surface area contributed by atoms with Crippen LogP contribution in [0.2, 0.25) is 0 Å². The van der Waals surface area contributed by atoms with Crippen molar-refractivity contribution in [3.8, 4) is 0 Å². The molecule has 0 aromatic rings. The lowest BCUT2D eigenvalue weighted by Gasteiger charge is -2.23. The molecule has 0 aliphatic carbocycles. The average Bonchev–Trinajstić information content (AvgIpc) is 2.94. The summed E-state index contributed by atoms with van der Waals surface area (Å²) in [6.07, 6.45) is 45.5. The summed E-state index contributed by atoms with van der Waals surface area (Å²) in [5, 5.41) is 0. The van der Waals surface area contributed by atoms with Gasteiger partial charge >= 0.3 is 0 Å². The first-order valence-corrected chi connectivity index (χ1v) is 17.0. The predicted octanol–water partition coefficient (Wildman–Crippen LogP) is 10.3. The van der Waals surface area contributed by atoms with Crippen LogP contribution in [0.1, 0.15) is 154 Å². The van der Waals surface area contributed by atoms with Crippen LogP contribution < -0.4 is 0 Å². The van der Waals surface area contributed by atoms with Crippen LogP contribution in [-0.2, 0) is 0 Å². The van der Waals surface area contributed by atoms with Gasteiger partial charge in [-0.25, -0.2) is 0 Å². The van der Waals surface area contributed by atoms with Gasteiger partial charge in [-0.3, -0.25) is 0 Å². The lowest BCUT2D eigenvalue weighted by molar-refractivity contribution is -0.514. The average molecular weight is 522 g/mol. The third kappa shape index (κ3) is 15.2. The van der Waals surface area contributed by atoms with Gasteiger partial charge in [-0.2, -0.15) is 4.58 Å². The van der Waals surface area contributed by atoms with Crippen molar-refractivity contribution < 1.29 is 4.58 Å². The smallest absolute Gasteiger partial charge is 0.174 e. The van der Waals surface area contributed by atoms with Gasteiger partial charge in [-0.05, 0) is 55.7 Å². The minimum atomic E-state index is 1.12. The van der Waals surface area contributed by atoms with E-state index in [4.69, 9.17) is 0 Å². The van der Waals surface area contributed by atoms with Crippen molar-refractivity contribution in [2.45, 2.75) is 154 Å². The van der Waals surface area contributed by atoms with Crippen LogP contribution in [0.3, 0.4) is 0 Å². The summed E-state index contributed by atoms with van der Waals surface area (Å²) in [5.74, 6) is 3.48. The Bertz CT molecular complexity index is 764. The molecule has 3 aliphatic rings. The molecule has 2 heteroatoms. The third-order valence-electron chi connectivity index (χ3n) is 8.83. The largest absolute Gasteiger partial charge is 0.373 e. The van der Waals surface area contributed by atoms with E-state index in [1.54, 1.807) is 11.1 Å². The van der Waals surface area contributed by atoms with Gasteiger partial charge in [0, 0.05) is 31.8 Å². The number of allylic oxidation sites excluding steroid dienone is 4. The molecule has 0 radical (unpaired) electrons. The molecule has 3 heterocycles. The van der Waals surface area contributed by atoms with E-state index >= 15 is 0 Å². The van der Waals surface area contributed by atoms with E-state index in [9.17, 15) is 0 Å². The van der Waals surface area contributed by atoms with E-state index < -0.39 is 0 Å². The molecule has 0 atom stereocenters. The van der Waals surface area contributed by atoms with Gasteiger partial charge in [0.1, 0.15) is 0 Å². The van der Waals surface area contributed by atoms with Gasteiger partial charge in [0.2, 0.25) is 0 Å². The molecule has 4 bridgehead atoms. The molecule has 3 aliphatic heterocycles. The van der Waals surface area contributed by atoms with Crippen LogP contribution >= 0.6 is 0 Å². The molecule has 0 amide bonds. The monoisotopic (exact) mass is 521 g/mol. The van der Waals surface area contributed by atoms with Crippen LogP contribution in [0.15, 0.2) is 41.7 Å². The highest BCUT2D eigenvalue weighted by atomic mass is 15.1. The zero-order valence-electron chi connectivity index (χ0n) is 25.1. The molecule has 0 saturated carbocycles. The van der Waals surface area contributed by atoms with E-state index in [0.717, 1.165) is 13.1 Å². The summed E-state index contributed by atoms with van der Waals surface area (Å²) in [4.78, 5) is 2.56. The highest BCUT2D eigenvalue weighted by Gasteiger charge is 2.11. The zero-order chi connectivity index (χ0) is 26.4. The number of fused-ring (bicyclic) bond motifs is 3. The van der Waals surface area contributed by atoms with Crippen molar-refractivity contribution in [2.24, 2.45) is 0 Å². The third-order valence-corrected chi connectivity index (χ3v) is 8.83. The zero-order valence-corrected chi connectivity index (χ0v) is 25.1. The van der Waals surface area contributed by atoms with Crippen molar-refractivity contribution in [3.05, 3.63) is 41.7 Å². The number of nitrogens with zero attached hydrogens (tertiary/aromatic N) is 2. The molecular weight excluding hydrogens is 460 g/mol. The molecule has 0 saturated heterocycles. The molecule has 214 valence electrons. The van der Waals surface area contributed by atoms with Crippen LogP contribution in [0.5, 0.6) is 0 Å². The SMILES string of the molecule is C1=CC=C2CCCCCCCCCCCCCN3C=C(C=CC3)CCCCCCCCCCCCC[N+]=1C2. The Morgan fingerprint density at radius 2 is 1.11 bits per heavy atom. The van der Waals surface area contributed by atoms with Gasteiger partial charge in [0.05, 0.1) is 0 Å². The summed E-state index contributed by atoms with van der Waals surface area (Å²) < 4.78 is 2.44. The Morgan fingerprint density at radius 3 is 1.74 bits per heavy atom. The topological polar surface area (TPSA) is 6.25 Å². The van der Waals surface area contributed by atoms with Crippen molar-refractivity contribution in [2.75, 3.05) is 26.2 Å². The van der Waals surface area contributed by atoms with Crippen LogP contribution in [-0.4, -0.2) is 41.5 Å². The van der Waals surface area contributed by atoms with Crippen LogP contribution in [0.25, 0.3) is 0 Å². The van der Waals surface area contributed by atoms with E-state index in [1.165, 1.54) is 167 Å². The van der Waals surface area contributed by atoms with E-state index in [2.05, 4.69) is 45.8 Å². The van der Waals surface area contributed by atoms with Crippen LogP contribution in [0.4, 0.5) is 0 Å². The van der Waals surface area contributed by atoms with Gasteiger partial charge < -0.3 is 4.90 Å². The molecule has 0 unspecified atom stereocenters. The van der Waals surface area contributed by atoms with Gasteiger partial charge in [-0.15, -0.1) is 0 Å². The Labute approximate surface area is 237 Å². The van der Waals surface area contributed by atoms with Crippen molar-refractivity contribution >= 4 is 5.87 Å². The van der Waals surface area contributed by atoms with Gasteiger partial charge in [-0.1, -0.05) is 121 Å². The summed E-state index contributed by atoms with van der Waals surface area (Å²) in [5.41, 5.74) is 3.19. The lowest BCUT2D eigenvalue weighted by Crippen LogP contribution is -2.21. The molecule has 0 fully saturated rings. The fraction of sp³-hybridized carbons (Fsp3) is 0.778. The van der Waals surface area contributed by atoms with E-state index in [1.807, 2.05) is 0 Å². The Kier molecular flexibility index (Phi) is 17.4. The van der Waals surface area contributed by atoms with Crippen molar-refractivity contribution in [3.63, 3.8) is 0 Å². The minimum absolute atomic E-state index is 1.12. The fourth-order valence-electron chi connectivity index (χ4n) is 6.36. The molecule has 0 aromatic carbocycles. The molecule has 3 rings (SSSR count). The minimum Gasteiger partial charge on any atom is -0.373 e. The predicted molar refractivity (Wildman–Crippen MR) is 167 cm³/mol. The number of hydrogen-bond donors (Lipinski definition) is 0. The number of hydrogen-bond acceptors (Lipinski definition) is 1. The molecular formula is C36H61N2+. The molecule has 0 aromatic heterocycles. The first-order valence-electron chi connectivity index (χ1n) is 17.0. The van der Waals surface area contributed by atoms with Crippen molar-refractivity contribution in [1.82, 2.24) is 4.90 Å². The van der Waals surface area contributed by atoms with E-state index in [0.29, 0.717) is 0 Å². The molecule has 38 heavy (non-hydrogen) atoms. The Balaban J connectivity index is 1.31. The first-order chi connectivity index (χ1) is 18.9. The maximum Gasteiger partial charge on any atom is 0.174 e. The summed E-state index contributed by atoms with van der Waals surface area (Å²) in [7, 11) is 0. The van der Waals surface area contributed by atoms with Crippen LogP contribution in [0, 0.1) is 0 Å². The first kappa shape index (κ1) is 31.0. The van der Waals surface area contributed by atoms with E-state index in [-0.39, 0.29) is 0 Å². The quantitative estimate of drug-likeness (QED) is 0.287. The van der Waals surface area contributed by atoms with Gasteiger partial charge in [0.15, 0.2) is 19.0 Å². The summed E-state index contributed by atoms with van der Waals surface area (Å²) in [6.45, 7) is 4.69. The summed E-state index contributed by atoms with van der Waals surface area (Å²) in [6, 6.07) is 0. The van der Waals surface area contributed by atoms with Gasteiger partial charge in [0.25, 0.3) is 0 Å². The second kappa shape index (κ2) is 21.3. The highest BCUT2D eigenvalue weighted by Crippen LogP contribution is 2.19. The standard InChI is InChI=1S/C36H61N2/c1-3-7-11-15-19-25-35-27-23-32-38(33-35)30-22-18-14-10-6-2-4-8-12-16-20-26-36-28-24-31-37(34-36)29-21-17-13-9-5-1/h23-24,27-28,34H,1-22,25-26,29-31,33H2/q+1. The maximum atomic E-state index is 3.48. The molecule has 0 N–H and O–H groups in total. The van der Waals surface area contributed by atoms with Crippen molar-refractivity contribution in [1.29, 1.82) is 0 Å². The Hall–Kier alpha value is -1.53. The number of rotatable bonds is 0. The lowest BCUT2D eigenvalue weighted by atomic mass is 10.0. The maximum absolute atomic E-state index is 3.48. The molecule has 2 nitrogen and oxygen atoms in total. The second-order valence-electron chi connectivity index (χ2n) is 12.4. The second-order valence-corrected chi connectivity index (χ2v) is 12.4. The highest BCUT2D eigenvalue weighted by molar-refractivity contribution is 5.51. The normalized spacial score (nSPS) is 23.8. The molecule has 0 spiro atoms.